The van der Waals surface area contributed by atoms with E-state index in [4.69, 9.17) is 4.18 Å². The zero-order valence-corrected chi connectivity index (χ0v) is 20.4. The second kappa shape index (κ2) is 18.0. The fraction of sp³-hybridized carbons (Fsp3) is 0.727. The predicted octanol–water partition coefficient (Wildman–Crippen LogP) is 3.99. The zero-order chi connectivity index (χ0) is 18.9. The molecule has 0 aliphatic carbocycles. The van der Waals surface area contributed by atoms with E-state index in [1.807, 2.05) is 6.07 Å². The number of benzene rings is 1. The Morgan fingerprint density at radius 1 is 0.704 bits per heavy atom. The van der Waals surface area contributed by atoms with Gasteiger partial charge in [-0.25, -0.2) is 0 Å². The second-order valence-corrected chi connectivity index (χ2v) is 8.94. The molecule has 1 aromatic rings. The van der Waals surface area contributed by atoms with E-state index in [9.17, 15) is 8.42 Å². The molecule has 152 valence electrons. The summed E-state index contributed by atoms with van der Waals surface area (Å²) < 4.78 is 28.9. The predicted molar refractivity (Wildman–Crippen MR) is 112 cm³/mol. The largest absolute Gasteiger partial charge is 1.00 e. The molecule has 0 saturated carbocycles. The van der Waals surface area contributed by atoms with Crippen LogP contribution >= 0.6 is 0 Å². The molecule has 0 bridgehead atoms. The van der Waals surface area contributed by atoms with E-state index in [1.165, 1.54) is 70.6 Å². The van der Waals surface area contributed by atoms with Crippen molar-refractivity contribution in [1.29, 1.82) is 0 Å². The Labute approximate surface area is 191 Å². The SMILES string of the molecule is CCCCCCCCCCCCCCCCS(=O)(=O)Oc1ccccc1.[H-].[Na+]. The smallest absolute Gasteiger partial charge is 1.00 e. The molecule has 0 atom stereocenters. The third kappa shape index (κ3) is 16.6. The summed E-state index contributed by atoms with van der Waals surface area (Å²) in [6.07, 6.45) is 17.7. The Morgan fingerprint density at radius 2 is 1.11 bits per heavy atom. The van der Waals surface area contributed by atoms with E-state index in [2.05, 4.69) is 6.92 Å². The molecule has 0 N–H and O–H groups in total. The molecule has 0 spiro atoms. The molecular weight excluding hydrogens is 367 g/mol. The molecule has 0 radical (unpaired) electrons. The summed E-state index contributed by atoms with van der Waals surface area (Å²) in [5.41, 5.74) is 0. The third-order valence-corrected chi connectivity index (χ3v) is 5.95. The van der Waals surface area contributed by atoms with Gasteiger partial charge in [-0.3, -0.25) is 0 Å². The minimum absolute atomic E-state index is 0. The maximum atomic E-state index is 11.9. The maximum Gasteiger partial charge on any atom is 1.00 e. The Morgan fingerprint density at radius 3 is 1.56 bits per heavy atom. The van der Waals surface area contributed by atoms with Crippen molar-refractivity contribution in [3.8, 4) is 5.75 Å². The number of unbranched alkanes of at least 4 members (excludes halogenated alkanes) is 13. The Bertz CT molecular complexity index is 538. The molecule has 5 heteroatoms. The molecule has 0 heterocycles. The van der Waals surface area contributed by atoms with Gasteiger partial charge in [-0.2, -0.15) is 8.42 Å². The summed E-state index contributed by atoms with van der Waals surface area (Å²) in [6, 6.07) is 8.73. The van der Waals surface area contributed by atoms with Crippen molar-refractivity contribution >= 4 is 10.1 Å². The molecule has 0 aromatic heterocycles. The van der Waals surface area contributed by atoms with Crippen LogP contribution in [0.2, 0.25) is 0 Å². The van der Waals surface area contributed by atoms with Crippen LogP contribution in [0.25, 0.3) is 0 Å². The third-order valence-electron chi connectivity index (χ3n) is 4.71. The van der Waals surface area contributed by atoms with E-state index >= 15 is 0 Å². The molecule has 0 aliphatic rings. The van der Waals surface area contributed by atoms with Crippen LogP contribution in [-0.2, 0) is 10.1 Å². The topological polar surface area (TPSA) is 43.4 Å². The van der Waals surface area contributed by atoms with Crippen LogP contribution in [0.1, 0.15) is 98.2 Å². The summed E-state index contributed by atoms with van der Waals surface area (Å²) >= 11 is 0. The van der Waals surface area contributed by atoms with Crippen LogP contribution in [0, 0.1) is 0 Å². The Kier molecular flexibility index (Phi) is 18.0. The van der Waals surface area contributed by atoms with Crippen molar-refractivity contribution in [2.45, 2.75) is 96.8 Å². The molecule has 27 heavy (non-hydrogen) atoms. The summed E-state index contributed by atoms with van der Waals surface area (Å²) in [5.74, 6) is 0.512. The summed E-state index contributed by atoms with van der Waals surface area (Å²) in [7, 11) is -3.45. The number of hydrogen-bond donors (Lipinski definition) is 0. The van der Waals surface area contributed by atoms with Gasteiger partial charge in [0, 0.05) is 0 Å². The van der Waals surface area contributed by atoms with Crippen molar-refractivity contribution in [2.75, 3.05) is 5.75 Å². The van der Waals surface area contributed by atoms with Crippen LogP contribution in [0.5, 0.6) is 5.75 Å². The van der Waals surface area contributed by atoms with Crippen molar-refractivity contribution in [1.82, 2.24) is 0 Å². The maximum absolute atomic E-state index is 11.9. The molecule has 1 rings (SSSR count). The van der Waals surface area contributed by atoms with E-state index in [0.717, 1.165) is 12.8 Å². The minimum atomic E-state index is -3.45. The zero-order valence-electron chi connectivity index (χ0n) is 18.6. The van der Waals surface area contributed by atoms with Crippen LogP contribution in [-0.4, -0.2) is 14.2 Å². The van der Waals surface area contributed by atoms with Gasteiger partial charge in [0.1, 0.15) is 5.75 Å². The fourth-order valence-electron chi connectivity index (χ4n) is 3.14. The number of hydrogen-bond acceptors (Lipinski definition) is 3. The average Bonchev–Trinajstić information content (AvgIpc) is 2.62. The normalized spacial score (nSPS) is 11.1. The van der Waals surface area contributed by atoms with Crippen molar-refractivity contribution in [3.05, 3.63) is 30.3 Å². The minimum Gasteiger partial charge on any atom is -1.00 e. The molecule has 0 fully saturated rings. The molecule has 0 unspecified atom stereocenters. The van der Waals surface area contributed by atoms with Gasteiger partial charge in [0.05, 0.1) is 5.75 Å². The molecule has 0 saturated heterocycles. The first-order valence-corrected chi connectivity index (χ1v) is 12.2. The molecule has 0 amide bonds. The van der Waals surface area contributed by atoms with Crippen LogP contribution < -0.4 is 33.7 Å². The van der Waals surface area contributed by atoms with Gasteiger partial charge in [0.25, 0.3) is 0 Å². The van der Waals surface area contributed by atoms with E-state index < -0.39 is 10.1 Å². The van der Waals surface area contributed by atoms with Gasteiger partial charge in [0.2, 0.25) is 0 Å². The number of para-hydroxylation sites is 1. The Balaban J connectivity index is 0. The fourth-order valence-corrected chi connectivity index (χ4v) is 4.18. The summed E-state index contributed by atoms with van der Waals surface area (Å²) in [5, 5.41) is 0. The first-order valence-electron chi connectivity index (χ1n) is 10.6. The van der Waals surface area contributed by atoms with Gasteiger partial charge in [-0.1, -0.05) is 109 Å². The summed E-state index contributed by atoms with van der Waals surface area (Å²) in [4.78, 5) is 0. The summed E-state index contributed by atoms with van der Waals surface area (Å²) in [6.45, 7) is 2.26. The van der Waals surface area contributed by atoms with Gasteiger partial charge in [0.15, 0.2) is 0 Å². The van der Waals surface area contributed by atoms with Gasteiger partial charge in [-0.15, -0.1) is 0 Å². The van der Waals surface area contributed by atoms with Gasteiger partial charge >= 0.3 is 39.7 Å². The monoisotopic (exact) mass is 406 g/mol. The van der Waals surface area contributed by atoms with E-state index in [0.29, 0.717) is 12.2 Å². The van der Waals surface area contributed by atoms with Gasteiger partial charge in [-0.05, 0) is 18.6 Å². The van der Waals surface area contributed by atoms with Crippen LogP contribution in [0.4, 0.5) is 0 Å². The molecule has 1 aromatic carbocycles. The quantitative estimate of drug-likeness (QED) is 0.223. The van der Waals surface area contributed by atoms with Crippen molar-refractivity contribution in [2.24, 2.45) is 0 Å². The van der Waals surface area contributed by atoms with E-state index in [-0.39, 0.29) is 36.7 Å². The van der Waals surface area contributed by atoms with Crippen molar-refractivity contribution in [3.63, 3.8) is 0 Å². The average molecular weight is 407 g/mol. The first kappa shape index (κ1) is 27.0. The van der Waals surface area contributed by atoms with Crippen LogP contribution in [0.3, 0.4) is 0 Å². The Hall–Kier alpha value is -0.0300. The first-order chi connectivity index (χ1) is 12.6. The number of rotatable bonds is 17. The van der Waals surface area contributed by atoms with Crippen LogP contribution in [0.15, 0.2) is 30.3 Å². The van der Waals surface area contributed by atoms with Crippen molar-refractivity contribution < 1.29 is 43.6 Å². The standard InChI is InChI=1S/C22H38O3S.Na.H/c1-2-3-4-5-6-7-8-9-10-11-12-13-14-18-21-26(23,24)25-22-19-16-15-17-20-22;;/h15-17,19-20H,2-14,18,21H2,1H3;;/q;+1;-1. The van der Waals surface area contributed by atoms with E-state index in [1.54, 1.807) is 24.3 Å². The second-order valence-electron chi connectivity index (χ2n) is 7.25. The molecule has 3 nitrogen and oxygen atoms in total. The molecular formula is C22H39NaO3S. The molecule has 0 aliphatic heterocycles. The van der Waals surface area contributed by atoms with Gasteiger partial charge < -0.3 is 5.61 Å².